The molecule has 0 saturated heterocycles. The first-order valence-electron chi connectivity index (χ1n) is 6.88. The Bertz CT molecular complexity index is 404. The van der Waals surface area contributed by atoms with Gasteiger partial charge in [-0.3, -0.25) is 4.79 Å². The van der Waals surface area contributed by atoms with Gasteiger partial charge >= 0.3 is 12.1 Å². The largest absolute Gasteiger partial charge is 0.480 e. The standard InChI is InChI=1S/C13H18F3NO3/c14-13(15,16)9-5-2-1-4-8(9)10(18)17-12(11(19)20)6-3-7-12/h8-9H,1-7H2,(H,17,18)(H,19,20). The van der Waals surface area contributed by atoms with Crippen LogP contribution in [-0.2, 0) is 9.59 Å². The number of halogens is 3. The Balaban J connectivity index is 2.08. The summed E-state index contributed by atoms with van der Waals surface area (Å²) >= 11 is 0. The molecule has 0 aromatic heterocycles. The lowest BCUT2D eigenvalue weighted by atomic mass is 9.74. The molecule has 2 atom stereocenters. The van der Waals surface area contributed by atoms with Crippen LogP contribution in [-0.4, -0.2) is 28.7 Å². The fourth-order valence-electron chi connectivity index (χ4n) is 3.09. The third kappa shape index (κ3) is 2.76. The lowest BCUT2D eigenvalue weighted by Crippen LogP contribution is -2.61. The molecule has 2 N–H and O–H groups in total. The Labute approximate surface area is 114 Å². The molecule has 1 amide bonds. The minimum Gasteiger partial charge on any atom is -0.480 e. The molecule has 114 valence electrons. The molecule has 0 radical (unpaired) electrons. The highest BCUT2D eigenvalue weighted by Crippen LogP contribution is 2.42. The number of carbonyl (C=O) groups is 2. The normalized spacial score (nSPS) is 29.4. The van der Waals surface area contributed by atoms with E-state index >= 15 is 0 Å². The summed E-state index contributed by atoms with van der Waals surface area (Å²) in [4.78, 5) is 23.3. The zero-order valence-corrected chi connectivity index (χ0v) is 11.0. The second-order valence-corrected chi connectivity index (χ2v) is 5.77. The number of carbonyl (C=O) groups excluding carboxylic acids is 1. The Kier molecular flexibility index (Phi) is 3.97. The predicted octanol–water partition coefficient (Wildman–Crippen LogP) is 2.48. The van der Waals surface area contributed by atoms with Crippen molar-refractivity contribution >= 4 is 11.9 Å². The van der Waals surface area contributed by atoms with Crippen LogP contribution in [0.2, 0.25) is 0 Å². The molecule has 2 aliphatic rings. The van der Waals surface area contributed by atoms with Crippen LogP contribution >= 0.6 is 0 Å². The van der Waals surface area contributed by atoms with E-state index in [2.05, 4.69) is 5.32 Å². The summed E-state index contributed by atoms with van der Waals surface area (Å²) in [6, 6.07) is 0. The molecule has 4 nitrogen and oxygen atoms in total. The summed E-state index contributed by atoms with van der Waals surface area (Å²) in [5, 5.41) is 11.5. The molecular formula is C13H18F3NO3. The number of carboxylic acid groups (broad SMARTS) is 1. The minimum absolute atomic E-state index is 0.0539. The Morgan fingerprint density at radius 1 is 1.10 bits per heavy atom. The molecule has 7 heteroatoms. The lowest BCUT2D eigenvalue weighted by Gasteiger charge is -2.41. The molecule has 0 aromatic carbocycles. The van der Waals surface area contributed by atoms with Gasteiger partial charge in [0.2, 0.25) is 5.91 Å². The zero-order valence-electron chi connectivity index (χ0n) is 11.0. The summed E-state index contributed by atoms with van der Waals surface area (Å²) in [5.74, 6) is -4.71. The van der Waals surface area contributed by atoms with Gasteiger partial charge in [-0.1, -0.05) is 12.8 Å². The number of aliphatic carboxylic acids is 1. The van der Waals surface area contributed by atoms with Crippen LogP contribution in [0.15, 0.2) is 0 Å². The van der Waals surface area contributed by atoms with Gasteiger partial charge in [0.25, 0.3) is 0 Å². The SMILES string of the molecule is O=C(NC1(C(=O)O)CCC1)C1CCCCC1C(F)(F)F. The van der Waals surface area contributed by atoms with Crippen molar-refractivity contribution in [3.63, 3.8) is 0 Å². The monoisotopic (exact) mass is 293 g/mol. The van der Waals surface area contributed by atoms with E-state index < -0.39 is 35.4 Å². The van der Waals surface area contributed by atoms with Crippen LogP contribution in [0.1, 0.15) is 44.9 Å². The zero-order chi connectivity index (χ0) is 15.0. The fourth-order valence-corrected chi connectivity index (χ4v) is 3.09. The smallest absolute Gasteiger partial charge is 0.392 e. The lowest BCUT2D eigenvalue weighted by molar-refractivity contribution is -0.199. The highest BCUT2D eigenvalue weighted by Gasteiger charge is 2.51. The molecule has 0 spiro atoms. The molecule has 0 heterocycles. The van der Waals surface area contributed by atoms with Crippen molar-refractivity contribution in [3.8, 4) is 0 Å². The average molecular weight is 293 g/mol. The van der Waals surface area contributed by atoms with Gasteiger partial charge in [-0.15, -0.1) is 0 Å². The summed E-state index contributed by atoms with van der Waals surface area (Å²) < 4.78 is 38.8. The molecule has 20 heavy (non-hydrogen) atoms. The molecule has 2 aliphatic carbocycles. The van der Waals surface area contributed by atoms with Gasteiger partial charge in [0.1, 0.15) is 5.54 Å². The molecule has 0 aromatic rings. The maximum Gasteiger partial charge on any atom is 0.392 e. The van der Waals surface area contributed by atoms with Gasteiger partial charge in [0, 0.05) is 5.92 Å². The van der Waals surface area contributed by atoms with E-state index in [0.29, 0.717) is 19.3 Å². The fraction of sp³-hybridized carbons (Fsp3) is 0.846. The van der Waals surface area contributed by atoms with E-state index in [-0.39, 0.29) is 25.7 Å². The third-order valence-electron chi connectivity index (χ3n) is 4.50. The van der Waals surface area contributed by atoms with Crippen molar-refractivity contribution in [1.29, 1.82) is 0 Å². The second-order valence-electron chi connectivity index (χ2n) is 5.77. The summed E-state index contributed by atoms with van der Waals surface area (Å²) in [7, 11) is 0. The number of nitrogens with one attached hydrogen (secondary N) is 1. The van der Waals surface area contributed by atoms with Crippen LogP contribution in [0.4, 0.5) is 13.2 Å². The summed E-state index contributed by atoms with van der Waals surface area (Å²) in [6.45, 7) is 0. The van der Waals surface area contributed by atoms with Gasteiger partial charge in [0.15, 0.2) is 0 Å². The molecular weight excluding hydrogens is 275 g/mol. The van der Waals surface area contributed by atoms with E-state index in [1.54, 1.807) is 0 Å². The van der Waals surface area contributed by atoms with Crippen LogP contribution in [0, 0.1) is 11.8 Å². The van der Waals surface area contributed by atoms with E-state index in [1.807, 2.05) is 0 Å². The van der Waals surface area contributed by atoms with Crippen molar-refractivity contribution in [1.82, 2.24) is 5.32 Å². The maximum absolute atomic E-state index is 12.9. The third-order valence-corrected chi connectivity index (χ3v) is 4.50. The van der Waals surface area contributed by atoms with E-state index in [1.165, 1.54) is 0 Å². The van der Waals surface area contributed by atoms with Crippen LogP contribution in [0.3, 0.4) is 0 Å². The molecule has 2 fully saturated rings. The van der Waals surface area contributed by atoms with Gasteiger partial charge < -0.3 is 10.4 Å². The van der Waals surface area contributed by atoms with Crippen LogP contribution < -0.4 is 5.32 Å². The number of rotatable bonds is 3. The topological polar surface area (TPSA) is 66.4 Å². The Morgan fingerprint density at radius 3 is 2.15 bits per heavy atom. The van der Waals surface area contributed by atoms with Crippen molar-refractivity contribution in [3.05, 3.63) is 0 Å². The predicted molar refractivity (Wildman–Crippen MR) is 63.9 cm³/mol. The van der Waals surface area contributed by atoms with Crippen molar-refractivity contribution in [2.45, 2.75) is 56.7 Å². The van der Waals surface area contributed by atoms with E-state index in [9.17, 15) is 22.8 Å². The van der Waals surface area contributed by atoms with Gasteiger partial charge in [-0.25, -0.2) is 4.79 Å². The molecule has 2 unspecified atom stereocenters. The maximum atomic E-state index is 12.9. The number of carboxylic acids is 1. The summed E-state index contributed by atoms with van der Waals surface area (Å²) in [6.07, 6.45) is -2.01. The Morgan fingerprint density at radius 2 is 1.70 bits per heavy atom. The number of hydrogen-bond donors (Lipinski definition) is 2. The molecule has 2 saturated carbocycles. The van der Waals surface area contributed by atoms with Gasteiger partial charge in [-0.05, 0) is 32.1 Å². The average Bonchev–Trinajstić information content (AvgIpc) is 2.32. The van der Waals surface area contributed by atoms with E-state index in [4.69, 9.17) is 5.11 Å². The second kappa shape index (κ2) is 5.26. The number of amides is 1. The number of hydrogen-bond acceptors (Lipinski definition) is 2. The van der Waals surface area contributed by atoms with Gasteiger partial charge in [-0.2, -0.15) is 13.2 Å². The molecule has 2 rings (SSSR count). The number of alkyl halides is 3. The molecule has 0 bridgehead atoms. The van der Waals surface area contributed by atoms with E-state index in [0.717, 1.165) is 0 Å². The summed E-state index contributed by atoms with van der Waals surface area (Å²) in [5.41, 5.74) is -1.34. The molecule has 0 aliphatic heterocycles. The van der Waals surface area contributed by atoms with Crippen molar-refractivity contribution < 1.29 is 27.9 Å². The van der Waals surface area contributed by atoms with Crippen molar-refractivity contribution in [2.75, 3.05) is 0 Å². The minimum atomic E-state index is -4.40. The van der Waals surface area contributed by atoms with Crippen LogP contribution in [0.25, 0.3) is 0 Å². The quantitative estimate of drug-likeness (QED) is 0.840. The Hall–Kier alpha value is -1.27. The first-order chi connectivity index (χ1) is 9.26. The van der Waals surface area contributed by atoms with Crippen LogP contribution in [0.5, 0.6) is 0 Å². The highest BCUT2D eigenvalue weighted by molar-refractivity contribution is 5.89. The van der Waals surface area contributed by atoms with Gasteiger partial charge in [0.05, 0.1) is 5.92 Å². The first kappa shape index (κ1) is 15.1. The first-order valence-corrected chi connectivity index (χ1v) is 6.88. The van der Waals surface area contributed by atoms with Crippen molar-refractivity contribution in [2.24, 2.45) is 11.8 Å². The highest BCUT2D eigenvalue weighted by atomic mass is 19.4.